The van der Waals surface area contributed by atoms with Gasteiger partial charge in [-0.15, -0.1) is 11.8 Å². The van der Waals surface area contributed by atoms with Crippen molar-refractivity contribution in [1.29, 1.82) is 0 Å². The van der Waals surface area contributed by atoms with Gasteiger partial charge in [-0.05, 0) is 31.2 Å². The molecule has 1 N–H and O–H groups in total. The molecule has 23 heavy (non-hydrogen) atoms. The van der Waals surface area contributed by atoms with Gasteiger partial charge in [0.1, 0.15) is 0 Å². The monoisotopic (exact) mass is 349 g/mol. The topological polar surface area (TPSA) is 63.2 Å². The Kier molecular flexibility index (Phi) is 5.85. The fourth-order valence-corrected chi connectivity index (χ4v) is 3.70. The van der Waals surface area contributed by atoms with Crippen molar-refractivity contribution in [2.45, 2.75) is 16.7 Å². The van der Waals surface area contributed by atoms with Crippen LogP contribution < -0.4 is 5.32 Å². The van der Waals surface area contributed by atoms with Crippen molar-refractivity contribution in [1.82, 2.24) is 5.32 Å². The van der Waals surface area contributed by atoms with E-state index in [1.807, 2.05) is 31.2 Å². The molecule has 6 heteroatoms. The number of carbonyl (C=O) groups excluding carboxylic acids is 1. The summed E-state index contributed by atoms with van der Waals surface area (Å²) in [6, 6.07) is 14.4. The first kappa shape index (κ1) is 17.6. The van der Waals surface area contributed by atoms with E-state index in [0.717, 1.165) is 16.9 Å². The molecule has 0 saturated carbocycles. The molecule has 0 fully saturated rings. The van der Waals surface area contributed by atoms with Gasteiger partial charge in [0.25, 0.3) is 5.91 Å². The Balaban J connectivity index is 1.92. The summed E-state index contributed by atoms with van der Waals surface area (Å²) in [6.07, 6.45) is 1.10. The zero-order chi connectivity index (χ0) is 16.9. The van der Waals surface area contributed by atoms with Crippen LogP contribution in [0.4, 0.5) is 0 Å². The quantitative estimate of drug-likeness (QED) is 0.643. The normalized spacial score (nSPS) is 11.2. The second-order valence-corrected chi connectivity index (χ2v) is 8.34. The summed E-state index contributed by atoms with van der Waals surface area (Å²) in [5, 5.41) is 2.77. The summed E-state index contributed by atoms with van der Waals surface area (Å²) in [5.41, 5.74) is 1.40. The van der Waals surface area contributed by atoms with Gasteiger partial charge in [0.05, 0.1) is 10.5 Å². The molecule has 1 amide bonds. The van der Waals surface area contributed by atoms with Crippen LogP contribution in [0.5, 0.6) is 0 Å². The lowest BCUT2D eigenvalue weighted by Gasteiger charge is -2.09. The van der Waals surface area contributed by atoms with Gasteiger partial charge in [-0.2, -0.15) is 0 Å². The summed E-state index contributed by atoms with van der Waals surface area (Å²) in [6.45, 7) is 2.50. The van der Waals surface area contributed by atoms with Crippen molar-refractivity contribution in [3.63, 3.8) is 0 Å². The SMILES string of the molecule is Cc1ccc(SCCNC(=O)c2ccccc2S(C)(=O)=O)cc1. The maximum atomic E-state index is 12.2. The van der Waals surface area contributed by atoms with E-state index in [1.165, 1.54) is 17.7 Å². The number of amides is 1. The van der Waals surface area contributed by atoms with E-state index in [4.69, 9.17) is 0 Å². The number of rotatable bonds is 6. The molecule has 122 valence electrons. The minimum atomic E-state index is -3.42. The molecule has 0 atom stereocenters. The standard InChI is InChI=1S/C17H19NO3S2/c1-13-7-9-14(10-8-13)22-12-11-18-17(19)15-5-3-4-6-16(15)23(2,20)21/h3-10H,11-12H2,1-2H3,(H,18,19). The maximum absolute atomic E-state index is 12.2. The van der Waals surface area contributed by atoms with Crippen LogP contribution in [0.25, 0.3) is 0 Å². The van der Waals surface area contributed by atoms with Crippen LogP contribution >= 0.6 is 11.8 Å². The Morgan fingerprint density at radius 1 is 1.09 bits per heavy atom. The number of hydrogen-bond acceptors (Lipinski definition) is 4. The zero-order valence-electron chi connectivity index (χ0n) is 13.1. The lowest BCUT2D eigenvalue weighted by molar-refractivity contribution is 0.0953. The van der Waals surface area contributed by atoms with E-state index in [9.17, 15) is 13.2 Å². The highest BCUT2D eigenvalue weighted by Crippen LogP contribution is 2.18. The number of benzene rings is 2. The Labute approximate surface area is 141 Å². The van der Waals surface area contributed by atoms with Gasteiger partial charge in [0.2, 0.25) is 0 Å². The van der Waals surface area contributed by atoms with E-state index in [1.54, 1.807) is 23.9 Å². The molecule has 0 unspecified atom stereocenters. The average Bonchev–Trinajstić information content (AvgIpc) is 2.52. The van der Waals surface area contributed by atoms with E-state index < -0.39 is 9.84 Å². The number of nitrogens with one attached hydrogen (secondary N) is 1. The van der Waals surface area contributed by atoms with E-state index in [0.29, 0.717) is 6.54 Å². The van der Waals surface area contributed by atoms with Crippen LogP contribution in [-0.4, -0.2) is 32.9 Å². The molecule has 0 aliphatic carbocycles. The van der Waals surface area contributed by atoms with Crippen molar-refractivity contribution >= 4 is 27.5 Å². The third kappa shape index (κ3) is 5.11. The fourth-order valence-electron chi connectivity index (χ4n) is 2.04. The van der Waals surface area contributed by atoms with Gasteiger partial charge in [-0.1, -0.05) is 29.8 Å². The van der Waals surface area contributed by atoms with Crippen molar-refractivity contribution in [2.75, 3.05) is 18.6 Å². The molecular formula is C17H19NO3S2. The van der Waals surface area contributed by atoms with Crippen LogP contribution in [0.3, 0.4) is 0 Å². The minimum absolute atomic E-state index is 0.0590. The highest BCUT2D eigenvalue weighted by molar-refractivity contribution is 7.99. The van der Waals surface area contributed by atoms with Crippen molar-refractivity contribution in [3.8, 4) is 0 Å². The molecule has 2 rings (SSSR count). The van der Waals surface area contributed by atoms with E-state index in [2.05, 4.69) is 5.32 Å². The Bertz CT molecular complexity index is 784. The molecule has 0 radical (unpaired) electrons. The van der Waals surface area contributed by atoms with E-state index >= 15 is 0 Å². The molecule has 0 heterocycles. The lowest BCUT2D eigenvalue weighted by atomic mass is 10.2. The molecule has 0 aliphatic rings. The average molecular weight is 349 g/mol. The molecule has 0 aromatic heterocycles. The number of carbonyl (C=O) groups is 1. The summed E-state index contributed by atoms with van der Waals surface area (Å²) in [7, 11) is -3.42. The molecular weight excluding hydrogens is 330 g/mol. The molecule has 0 bridgehead atoms. The van der Waals surface area contributed by atoms with Crippen LogP contribution in [-0.2, 0) is 9.84 Å². The highest BCUT2D eigenvalue weighted by atomic mass is 32.2. The summed E-state index contributed by atoms with van der Waals surface area (Å²) >= 11 is 1.64. The second-order valence-electron chi connectivity index (χ2n) is 5.19. The summed E-state index contributed by atoms with van der Waals surface area (Å²) < 4.78 is 23.4. The third-order valence-corrected chi connectivity index (χ3v) is 5.38. The second kappa shape index (κ2) is 7.66. The Morgan fingerprint density at radius 3 is 2.39 bits per heavy atom. The molecule has 0 saturated heterocycles. The number of thioether (sulfide) groups is 1. The summed E-state index contributed by atoms with van der Waals surface area (Å²) in [4.78, 5) is 13.4. The van der Waals surface area contributed by atoms with Gasteiger partial charge in [-0.25, -0.2) is 8.42 Å². The minimum Gasteiger partial charge on any atom is -0.351 e. The van der Waals surface area contributed by atoms with Crippen LogP contribution in [0.2, 0.25) is 0 Å². The lowest BCUT2D eigenvalue weighted by Crippen LogP contribution is -2.27. The first-order valence-electron chi connectivity index (χ1n) is 7.14. The third-order valence-electron chi connectivity index (χ3n) is 3.21. The van der Waals surface area contributed by atoms with Gasteiger partial charge < -0.3 is 5.32 Å². The van der Waals surface area contributed by atoms with Crippen molar-refractivity contribution < 1.29 is 13.2 Å². The first-order chi connectivity index (χ1) is 10.9. The van der Waals surface area contributed by atoms with E-state index in [-0.39, 0.29) is 16.4 Å². The van der Waals surface area contributed by atoms with Gasteiger partial charge in [0.15, 0.2) is 9.84 Å². The van der Waals surface area contributed by atoms with Gasteiger partial charge in [0, 0.05) is 23.4 Å². The first-order valence-corrected chi connectivity index (χ1v) is 10.0. The molecule has 4 nitrogen and oxygen atoms in total. The predicted molar refractivity (Wildman–Crippen MR) is 93.8 cm³/mol. The predicted octanol–water partition coefficient (Wildman–Crippen LogP) is 2.92. The van der Waals surface area contributed by atoms with Crippen LogP contribution in [0, 0.1) is 6.92 Å². The maximum Gasteiger partial charge on any atom is 0.252 e. The number of sulfone groups is 1. The zero-order valence-corrected chi connectivity index (χ0v) is 14.7. The largest absolute Gasteiger partial charge is 0.351 e. The van der Waals surface area contributed by atoms with Crippen molar-refractivity contribution in [2.24, 2.45) is 0 Å². The van der Waals surface area contributed by atoms with Crippen LogP contribution in [0.1, 0.15) is 15.9 Å². The molecule has 2 aromatic carbocycles. The fraction of sp³-hybridized carbons (Fsp3) is 0.235. The highest BCUT2D eigenvalue weighted by Gasteiger charge is 2.17. The molecule has 0 spiro atoms. The van der Waals surface area contributed by atoms with Crippen molar-refractivity contribution in [3.05, 3.63) is 59.7 Å². The van der Waals surface area contributed by atoms with Crippen LogP contribution in [0.15, 0.2) is 58.3 Å². The van der Waals surface area contributed by atoms with Gasteiger partial charge in [-0.3, -0.25) is 4.79 Å². The van der Waals surface area contributed by atoms with Gasteiger partial charge >= 0.3 is 0 Å². The number of hydrogen-bond donors (Lipinski definition) is 1. The Morgan fingerprint density at radius 2 is 1.74 bits per heavy atom. The smallest absolute Gasteiger partial charge is 0.252 e. The number of aryl methyl sites for hydroxylation is 1. The molecule has 0 aliphatic heterocycles. The molecule has 2 aromatic rings. The Hall–Kier alpha value is -1.79. The summed E-state index contributed by atoms with van der Waals surface area (Å²) in [5.74, 6) is 0.353.